The maximum atomic E-state index is 13.0. The minimum Gasteiger partial charge on any atom is -0.483 e. The molecule has 1 saturated heterocycles. The fourth-order valence-electron chi connectivity index (χ4n) is 3.63. The summed E-state index contributed by atoms with van der Waals surface area (Å²) >= 11 is 0. The topological polar surface area (TPSA) is 100 Å². The number of rotatable bonds is 4. The van der Waals surface area contributed by atoms with Crippen LogP contribution in [0.25, 0.3) is 0 Å². The minimum absolute atomic E-state index is 0.175. The first kappa shape index (κ1) is 22.1. The van der Waals surface area contributed by atoms with E-state index in [4.69, 9.17) is 19.1 Å². The zero-order chi connectivity index (χ0) is 20.7. The van der Waals surface area contributed by atoms with E-state index >= 15 is 0 Å². The number of carbonyl (C=O) groups excluding carboxylic acids is 1. The molecule has 1 aromatic heterocycles. The van der Waals surface area contributed by atoms with Gasteiger partial charge in [-0.05, 0) is 45.5 Å². The van der Waals surface area contributed by atoms with Gasteiger partial charge < -0.3 is 24.1 Å². The van der Waals surface area contributed by atoms with Crippen molar-refractivity contribution in [3.05, 3.63) is 33.4 Å². The number of carbonyl (C=O) groups is 2. The van der Waals surface area contributed by atoms with Crippen molar-refractivity contribution in [1.82, 2.24) is 9.80 Å². The minimum atomic E-state index is -0.499. The number of aryl methyl sites for hydroxylation is 1. The molecule has 1 aromatic rings. The predicted octanol–water partition coefficient (Wildman–Crippen LogP) is 1.57. The van der Waals surface area contributed by atoms with Gasteiger partial charge in [0.25, 0.3) is 12.4 Å². The van der Waals surface area contributed by atoms with Crippen LogP contribution in [0.1, 0.15) is 46.9 Å². The first-order chi connectivity index (χ1) is 13.4. The second-order valence-corrected chi connectivity index (χ2v) is 7.68. The van der Waals surface area contributed by atoms with Crippen LogP contribution < -0.4 is 5.63 Å². The highest BCUT2D eigenvalue weighted by Gasteiger charge is 2.29. The van der Waals surface area contributed by atoms with Gasteiger partial charge in [-0.15, -0.1) is 0 Å². The summed E-state index contributed by atoms with van der Waals surface area (Å²) in [5.41, 5.74) is 0.396. The van der Waals surface area contributed by atoms with Crippen LogP contribution >= 0.6 is 0 Å². The van der Waals surface area contributed by atoms with Crippen molar-refractivity contribution in [2.75, 3.05) is 46.9 Å². The third-order valence-corrected chi connectivity index (χ3v) is 5.14. The summed E-state index contributed by atoms with van der Waals surface area (Å²) in [6.45, 7) is 4.67. The van der Waals surface area contributed by atoms with E-state index in [1.807, 2.05) is 27.1 Å². The summed E-state index contributed by atoms with van der Waals surface area (Å²) in [5.74, 6) is 1.07. The first-order valence-corrected chi connectivity index (χ1v) is 9.61. The van der Waals surface area contributed by atoms with Crippen LogP contribution in [0.4, 0.5) is 0 Å². The highest BCUT2D eigenvalue weighted by Crippen LogP contribution is 2.36. The Morgan fingerprint density at radius 1 is 1.39 bits per heavy atom. The Morgan fingerprint density at radius 2 is 2.07 bits per heavy atom. The quantitative estimate of drug-likeness (QED) is 0.774. The van der Waals surface area contributed by atoms with Crippen molar-refractivity contribution in [3.63, 3.8) is 0 Å². The lowest BCUT2D eigenvalue weighted by Gasteiger charge is -2.26. The van der Waals surface area contributed by atoms with Gasteiger partial charge in [0, 0.05) is 31.5 Å². The Morgan fingerprint density at radius 3 is 2.61 bits per heavy atom. The number of carboxylic acid groups (broad SMARTS) is 1. The van der Waals surface area contributed by atoms with Gasteiger partial charge >= 0.3 is 5.63 Å². The van der Waals surface area contributed by atoms with Crippen LogP contribution in [0.5, 0.6) is 0 Å². The Bertz CT molecular complexity index is 726. The lowest BCUT2D eigenvalue weighted by molar-refractivity contribution is -0.122. The molecule has 1 amide bonds. The number of hydrogen-bond donors (Lipinski definition) is 1. The zero-order valence-corrected chi connectivity index (χ0v) is 16.8. The van der Waals surface area contributed by atoms with Gasteiger partial charge in [0.2, 0.25) is 0 Å². The second-order valence-electron chi connectivity index (χ2n) is 7.68. The van der Waals surface area contributed by atoms with Crippen molar-refractivity contribution in [3.8, 4) is 0 Å². The normalized spacial score (nSPS) is 20.0. The molecule has 0 bridgehead atoms. The Balaban J connectivity index is 0.000000878. The molecule has 0 spiro atoms. The molecule has 1 N–H and O–H groups in total. The number of nitrogens with zero attached hydrogens (tertiary/aromatic N) is 2. The van der Waals surface area contributed by atoms with E-state index in [2.05, 4.69) is 4.90 Å². The van der Waals surface area contributed by atoms with Crippen molar-refractivity contribution < 1.29 is 23.8 Å². The van der Waals surface area contributed by atoms with Crippen LogP contribution in [0, 0.1) is 12.8 Å². The third kappa shape index (κ3) is 5.65. The van der Waals surface area contributed by atoms with Crippen LogP contribution in [0.3, 0.4) is 0 Å². The van der Waals surface area contributed by atoms with E-state index in [-0.39, 0.29) is 23.9 Å². The summed E-state index contributed by atoms with van der Waals surface area (Å²) < 4.78 is 11.1. The molecule has 1 aliphatic carbocycles. The zero-order valence-electron chi connectivity index (χ0n) is 16.8. The molecule has 1 aliphatic heterocycles. The maximum Gasteiger partial charge on any atom is 0.349 e. The van der Waals surface area contributed by atoms with Crippen LogP contribution in [-0.4, -0.2) is 74.2 Å². The Hall–Kier alpha value is -2.19. The fraction of sp³-hybridized carbons (Fsp3) is 0.650. The van der Waals surface area contributed by atoms with Gasteiger partial charge in [-0.1, -0.05) is 6.42 Å². The largest absolute Gasteiger partial charge is 0.483 e. The van der Waals surface area contributed by atoms with Gasteiger partial charge in [-0.2, -0.15) is 0 Å². The molecular formula is C20H30N2O6. The highest BCUT2D eigenvalue weighted by atomic mass is 16.5. The molecule has 1 unspecified atom stereocenters. The Labute approximate surface area is 165 Å². The molecule has 8 heteroatoms. The summed E-state index contributed by atoms with van der Waals surface area (Å²) in [4.78, 5) is 37.7. The molecule has 0 aromatic carbocycles. The van der Waals surface area contributed by atoms with Gasteiger partial charge in [0.05, 0.1) is 13.2 Å². The summed E-state index contributed by atoms with van der Waals surface area (Å²) in [6, 6.07) is 1.88. The lowest BCUT2D eigenvalue weighted by Crippen LogP contribution is -2.40. The van der Waals surface area contributed by atoms with Crippen molar-refractivity contribution >= 4 is 12.4 Å². The second kappa shape index (κ2) is 10.4. The number of amides is 1. The first-order valence-electron chi connectivity index (χ1n) is 9.61. The lowest BCUT2D eigenvalue weighted by atomic mass is 9.83. The molecule has 1 saturated carbocycles. The van der Waals surface area contributed by atoms with E-state index in [0.717, 1.165) is 30.7 Å². The Kier molecular flexibility index (Phi) is 8.19. The molecule has 1 atom stereocenters. The van der Waals surface area contributed by atoms with Crippen LogP contribution in [-0.2, 0) is 9.53 Å². The van der Waals surface area contributed by atoms with Crippen molar-refractivity contribution in [1.29, 1.82) is 0 Å². The summed E-state index contributed by atoms with van der Waals surface area (Å²) in [5, 5.41) is 6.89. The molecule has 2 heterocycles. The third-order valence-electron chi connectivity index (χ3n) is 5.14. The van der Waals surface area contributed by atoms with Gasteiger partial charge in [0.1, 0.15) is 11.3 Å². The van der Waals surface area contributed by atoms with E-state index in [9.17, 15) is 9.59 Å². The fourth-order valence-corrected chi connectivity index (χ4v) is 3.63. The van der Waals surface area contributed by atoms with E-state index in [1.165, 1.54) is 6.42 Å². The number of hydrogen-bond acceptors (Lipinski definition) is 6. The van der Waals surface area contributed by atoms with Gasteiger partial charge in [-0.3, -0.25) is 9.59 Å². The number of ether oxygens (including phenoxy) is 1. The molecule has 2 fully saturated rings. The van der Waals surface area contributed by atoms with E-state index < -0.39 is 5.63 Å². The predicted molar refractivity (Wildman–Crippen MR) is 104 cm³/mol. The SMILES string of the molecule is Cc1cc(C2CCC2)oc(=O)c1C(=O)N1CCOCC(CN(C)C)C1.O=CO. The molecule has 8 nitrogen and oxygen atoms in total. The van der Waals surface area contributed by atoms with Gasteiger partial charge in [-0.25, -0.2) is 4.79 Å². The summed E-state index contributed by atoms with van der Waals surface area (Å²) in [6.07, 6.45) is 3.30. The van der Waals surface area contributed by atoms with Crippen LogP contribution in [0.2, 0.25) is 0 Å². The van der Waals surface area contributed by atoms with Crippen molar-refractivity contribution in [2.24, 2.45) is 5.92 Å². The molecule has 156 valence electrons. The molecule has 3 rings (SSSR count). The van der Waals surface area contributed by atoms with Gasteiger partial charge in [0.15, 0.2) is 0 Å². The average molecular weight is 394 g/mol. The molecule has 28 heavy (non-hydrogen) atoms. The molecular weight excluding hydrogens is 364 g/mol. The monoisotopic (exact) mass is 394 g/mol. The summed E-state index contributed by atoms with van der Waals surface area (Å²) in [7, 11) is 4.02. The maximum absolute atomic E-state index is 13.0. The standard InChI is InChI=1S/C19H28N2O4.CH2O2/c1-13-9-16(15-5-4-6-15)25-19(23)17(13)18(22)21-7-8-24-12-14(11-21)10-20(2)3;2-1-3/h9,14-15H,4-8,10-12H2,1-3H3;1H,(H,2,3). The van der Waals surface area contributed by atoms with E-state index in [1.54, 1.807) is 4.90 Å². The average Bonchev–Trinajstić information content (AvgIpc) is 2.78. The smallest absolute Gasteiger partial charge is 0.349 e. The molecule has 0 radical (unpaired) electrons. The highest BCUT2D eigenvalue weighted by molar-refractivity contribution is 5.95. The van der Waals surface area contributed by atoms with Crippen LogP contribution in [0.15, 0.2) is 15.3 Å². The van der Waals surface area contributed by atoms with Crippen molar-refractivity contribution in [2.45, 2.75) is 32.1 Å². The molecule has 2 aliphatic rings. The van der Waals surface area contributed by atoms with E-state index in [0.29, 0.717) is 32.2 Å².